The summed E-state index contributed by atoms with van der Waals surface area (Å²) < 4.78 is 0. The summed E-state index contributed by atoms with van der Waals surface area (Å²) >= 11 is 2.78. The van der Waals surface area contributed by atoms with Gasteiger partial charge in [-0.3, -0.25) is 14.9 Å². The summed E-state index contributed by atoms with van der Waals surface area (Å²) in [7, 11) is 0. The second-order valence-corrected chi connectivity index (χ2v) is 7.60. The van der Waals surface area contributed by atoms with Crippen molar-refractivity contribution in [1.29, 1.82) is 5.26 Å². The summed E-state index contributed by atoms with van der Waals surface area (Å²) in [6.45, 7) is 0. The van der Waals surface area contributed by atoms with Crippen molar-refractivity contribution >= 4 is 45.7 Å². The third-order valence-corrected chi connectivity index (χ3v) is 5.74. The van der Waals surface area contributed by atoms with Crippen LogP contribution in [-0.4, -0.2) is 22.6 Å². The molecule has 6 nitrogen and oxygen atoms in total. The summed E-state index contributed by atoms with van der Waals surface area (Å²) in [4.78, 5) is 29.4. The molecule has 27 heavy (non-hydrogen) atoms. The number of thiazole rings is 1. The van der Waals surface area contributed by atoms with Crippen LogP contribution in [0.25, 0.3) is 11.3 Å². The van der Waals surface area contributed by atoms with E-state index in [1.807, 2.05) is 23.6 Å². The molecule has 3 aromatic rings. The number of benzene rings is 2. The molecule has 0 fully saturated rings. The van der Waals surface area contributed by atoms with Crippen LogP contribution in [0.2, 0.25) is 0 Å². The van der Waals surface area contributed by atoms with Crippen LogP contribution in [0.3, 0.4) is 0 Å². The maximum atomic E-state index is 12.5. The first kappa shape index (κ1) is 17.3. The summed E-state index contributed by atoms with van der Waals surface area (Å²) in [6, 6.07) is 14.4. The lowest BCUT2D eigenvalue weighted by atomic mass is 10.1. The van der Waals surface area contributed by atoms with Gasteiger partial charge in [0.1, 0.15) is 0 Å². The average molecular weight is 392 g/mol. The van der Waals surface area contributed by atoms with Gasteiger partial charge >= 0.3 is 0 Å². The van der Waals surface area contributed by atoms with Gasteiger partial charge in [-0.25, -0.2) is 4.98 Å². The summed E-state index contributed by atoms with van der Waals surface area (Å²) in [5.41, 5.74) is 3.29. The van der Waals surface area contributed by atoms with Crippen LogP contribution in [0.1, 0.15) is 15.9 Å². The number of nitrogens with one attached hydrogen (secondary N) is 2. The van der Waals surface area contributed by atoms with Crippen LogP contribution in [0.4, 0.5) is 10.8 Å². The Labute approximate surface area is 163 Å². The minimum Gasteiger partial charge on any atom is -0.324 e. The molecule has 2 heterocycles. The standard InChI is InChI=1S/C19H12N4O2S2/c20-8-11-1-3-12(4-2-11)15-9-27-19(22-15)23-18(25)13-5-6-16-14(7-13)21-17(24)10-26-16/h1-7,9H,10H2,(H,21,24)(H,22,23,25). The zero-order valence-corrected chi connectivity index (χ0v) is 15.5. The largest absolute Gasteiger partial charge is 0.324 e. The van der Waals surface area contributed by atoms with Crippen molar-refractivity contribution < 1.29 is 9.59 Å². The van der Waals surface area contributed by atoms with E-state index in [-0.39, 0.29) is 11.8 Å². The maximum Gasteiger partial charge on any atom is 0.257 e. The Balaban J connectivity index is 1.50. The number of fused-ring (bicyclic) bond motifs is 1. The number of rotatable bonds is 3. The number of hydrogen-bond donors (Lipinski definition) is 2. The van der Waals surface area contributed by atoms with Crippen LogP contribution in [0.5, 0.6) is 0 Å². The van der Waals surface area contributed by atoms with Crippen LogP contribution >= 0.6 is 23.1 Å². The van der Waals surface area contributed by atoms with Gasteiger partial charge in [-0.2, -0.15) is 5.26 Å². The predicted molar refractivity (Wildman–Crippen MR) is 106 cm³/mol. The predicted octanol–water partition coefficient (Wildman–Crippen LogP) is 3.98. The van der Waals surface area contributed by atoms with Crippen molar-refractivity contribution in [3.63, 3.8) is 0 Å². The van der Waals surface area contributed by atoms with Gasteiger partial charge in [0, 0.05) is 21.4 Å². The molecule has 4 rings (SSSR count). The monoisotopic (exact) mass is 392 g/mol. The lowest BCUT2D eigenvalue weighted by Crippen LogP contribution is -2.19. The third-order valence-electron chi connectivity index (χ3n) is 3.91. The van der Waals surface area contributed by atoms with Gasteiger partial charge in [-0.1, -0.05) is 12.1 Å². The van der Waals surface area contributed by atoms with E-state index in [9.17, 15) is 9.59 Å². The summed E-state index contributed by atoms with van der Waals surface area (Å²) in [5.74, 6) is 0.0240. The smallest absolute Gasteiger partial charge is 0.257 e. The minimum absolute atomic E-state index is 0.0722. The zero-order chi connectivity index (χ0) is 18.8. The molecule has 0 saturated carbocycles. The van der Waals surface area contributed by atoms with E-state index in [1.165, 1.54) is 23.1 Å². The van der Waals surface area contributed by atoms with E-state index >= 15 is 0 Å². The molecular weight excluding hydrogens is 380 g/mol. The molecular formula is C19H12N4O2S2. The molecule has 0 radical (unpaired) electrons. The van der Waals surface area contributed by atoms with E-state index < -0.39 is 0 Å². The molecule has 0 atom stereocenters. The second kappa shape index (κ2) is 7.23. The van der Waals surface area contributed by atoms with Crippen molar-refractivity contribution in [3.05, 3.63) is 59.0 Å². The third kappa shape index (κ3) is 3.69. The first-order valence-electron chi connectivity index (χ1n) is 7.96. The fourth-order valence-corrected chi connectivity index (χ4v) is 4.08. The van der Waals surface area contributed by atoms with E-state index in [1.54, 1.807) is 24.3 Å². The number of carbonyl (C=O) groups is 2. The number of carbonyl (C=O) groups excluding carboxylic acids is 2. The van der Waals surface area contributed by atoms with Crippen LogP contribution in [-0.2, 0) is 4.79 Å². The molecule has 1 aliphatic heterocycles. The number of amides is 2. The molecule has 0 saturated heterocycles. The molecule has 0 spiro atoms. The van der Waals surface area contributed by atoms with Gasteiger partial charge in [-0.05, 0) is 30.3 Å². The minimum atomic E-state index is -0.289. The SMILES string of the molecule is N#Cc1ccc(-c2csc(NC(=O)c3ccc4c(c3)NC(=O)CS4)n2)cc1. The van der Waals surface area contributed by atoms with Gasteiger partial charge < -0.3 is 5.32 Å². The lowest BCUT2D eigenvalue weighted by molar-refractivity contribution is -0.113. The van der Waals surface area contributed by atoms with Gasteiger partial charge in [0.2, 0.25) is 5.91 Å². The Morgan fingerprint density at radius 1 is 1.22 bits per heavy atom. The highest BCUT2D eigenvalue weighted by atomic mass is 32.2. The van der Waals surface area contributed by atoms with E-state index in [0.717, 1.165) is 16.2 Å². The van der Waals surface area contributed by atoms with E-state index in [2.05, 4.69) is 21.7 Å². The van der Waals surface area contributed by atoms with Crippen LogP contribution < -0.4 is 10.6 Å². The molecule has 2 amide bonds. The van der Waals surface area contributed by atoms with E-state index in [0.29, 0.717) is 27.7 Å². The number of aromatic nitrogens is 1. The fraction of sp³-hybridized carbons (Fsp3) is 0.0526. The average Bonchev–Trinajstić information content (AvgIpc) is 3.16. The van der Waals surface area contributed by atoms with Crippen molar-refractivity contribution in [2.24, 2.45) is 0 Å². The number of anilines is 2. The van der Waals surface area contributed by atoms with Gasteiger partial charge in [0.15, 0.2) is 5.13 Å². The molecule has 0 bridgehead atoms. The number of nitriles is 1. The van der Waals surface area contributed by atoms with Crippen molar-refractivity contribution in [3.8, 4) is 17.3 Å². The van der Waals surface area contributed by atoms with Gasteiger partial charge in [0.05, 0.1) is 28.8 Å². The molecule has 2 aromatic carbocycles. The number of nitrogens with zero attached hydrogens (tertiary/aromatic N) is 2. The molecule has 1 aliphatic rings. The Hall–Kier alpha value is -3.15. The first-order valence-corrected chi connectivity index (χ1v) is 9.83. The maximum absolute atomic E-state index is 12.5. The van der Waals surface area contributed by atoms with E-state index in [4.69, 9.17) is 5.26 Å². The quantitative estimate of drug-likeness (QED) is 0.703. The molecule has 1 aromatic heterocycles. The van der Waals surface area contributed by atoms with Gasteiger partial charge in [-0.15, -0.1) is 23.1 Å². The summed E-state index contributed by atoms with van der Waals surface area (Å²) in [5, 5.41) is 16.8. The molecule has 2 N–H and O–H groups in total. The van der Waals surface area contributed by atoms with Crippen molar-refractivity contribution in [2.75, 3.05) is 16.4 Å². The fourth-order valence-electron chi connectivity index (χ4n) is 2.57. The van der Waals surface area contributed by atoms with Crippen molar-refractivity contribution in [2.45, 2.75) is 4.90 Å². The first-order chi connectivity index (χ1) is 13.1. The molecule has 8 heteroatoms. The second-order valence-electron chi connectivity index (χ2n) is 5.73. The molecule has 0 aliphatic carbocycles. The highest BCUT2D eigenvalue weighted by Gasteiger charge is 2.18. The van der Waals surface area contributed by atoms with Gasteiger partial charge in [0.25, 0.3) is 5.91 Å². The van der Waals surface area contributed by atoms with Crippen molar-refractivity contribution in [1.82, 2.24) is 4.98 Å². The normalized spacial score (nSPS) is 12.6. The zero-order valence-electron chi connectivity index (χ0n) is 13.9. The number of hydrogen-bond acceptors (Lipinski definition) is 6. The Morgan fingerprint density at radius 3 is 2.81 bits per heavy atom. The molecule has 132 valence electrons. The highest BCUT2D eigenvalue weighted by Crippen LogP contribution is 2.32. The topological polar surface area (TPSA) is 94.9 Å². The summed E-state index contributed by atoms with van der Waals surface area (Å²) in [6.07, 6.45) is 0. The van der Waals surface area contributed by atoms with Crippen LogP contribution in [0, 0.1) is 11.3 Å². The Kier molecular flexibility index (Phi) is 4.62. The highest BCUT2D eigenvalue weighted by molar-refractivity contribution is 8.00. The van der Waals surface area contributed by atoms with Crippen LogP contribution in [0.15, 0.2) is 52.7 Å². The lowest BCUT2D eigenvalue weighted by Gasteiger charge is -2.16. The molecule has 0 unspecified atom stereocenters. The Bertz CT molecular complexity index is 1080. The number of thioether (sulfide) groups is 1. The Morgan fingerprint density at radius 2 is 2.04 bits per heavy atom.